The Bertz CT molecular complexity index is 510. The van der Waals surface area contributed by atoms with Crippen molar-refractivity contribution in [2.45, 2.75) is 25.9 Å². The van der Waals surface area contributed by atoms with Crippen LogP contribution in [0.15, 0.2) is 42.5 Å². The van der Waals surface area contributed by atoms with Crippen LogP contribution >= 0.6 is 0 Å². The lowest BCUT2D eigenvalue weighted by Crippen LogP contribution is -2.35. The van der Waals surface area contributed by atoms with Gasteiger partial charge >= 0.3 is 6.03 Å². The predicted octanol–water partition coefficient (Wildman–Crippen LogP) is 2.59. The van der Waals surface area contributed by atoms with Gasteiger partial charge in [-0.15, -0.1) is 0 Å². The average Bonchev–Trinajstić information content (AvgIpc) is 2.64. The number of allylic oxidation sites excluding steroid dienone is 1. The topological polar surface area (TPSA) is 40.6 Å². The number of rotatable bonds is 2. The summed E-state index contributed by atoms with van der Waals surface area (Å²) >= 11 is 0. The summed E-state index contributed by atoms with van der Waals surface area (Å²) in [6.45, 7) is 3.72. The van der Waals surface area contributed by atoms with Crippen LogP contribution in [0, 0.1) is 0 Å². The summed E-state index contributed by atoms with van der Waals surface area (Å²) in [5, 5.41) is 0. The van der Waals surface area contributed by atoms with Crippen molar-refractivity contribution in [3.63, 3.8) is 0 Å². The molecular weight excluding hydrogens is 240 g/mol. The van der Waals surface area contributed by atoms with E-state index in [4.69, 9.17) is 0 Å². The van der Waals surface area contributed by atoms with Crippen LogP contribution in [0.5, 0.6) is 0 Å². The molecule has 1 aromatic carbocycles. The summed E-state index contributed by atoms with van der Waals surface area (Å²) in [6, 6.07) is 9.14. The largest absolute Gasteiger partial charge is 0.327 e. The van der Waals surface area contributed by atoms with Gasteiger partial charge in [0.05, 0.1) is 12.1 Å². The average molecular weight is 258 g/mol. The number of hydrogen-bond acceptors (Lipinski definition) is 2. The van der Waals surface area contributed by atoms with Crippen molar-refractivity contribution in [1.29, 1.82) is 0 Å². The Morgan fingerprint density at radius 2 is 1.89 bits per heavy atom. The van der Waals surface area contributed by atoms with Crippen molar-refractivity contribution in [1.82, 2.24) is 9.80 Å². The van der Waals surface area contributed by atoms with E-state index in [9.17, 15) is 9.59 Å². The third-order valence-electron chi connectivity index (χ3n) is 3.54. The molecule has 1 saturated heterocycles. The molecule has 1 heterocycles. The highest BCUT2D eigenvalue weighted by Crippen LogP contribution is 2.34. The molecule has 1 fully saturated rings. The summed E-state index contributed by atoms with van der Waals surface area (Å²) < 4.78 is 0. The van der Waals surface area contributed by atoms with E-state index < -0.39 is 0 Å². The molecule has 0 N–H and O–H groups in total. The van der Waals surface area contributed by atoms with Gasteiger partial charge in [-0.1, -0.05) is 36.4 Å². The van der Waals surface area contributed by atoms with Crippen LogP contribution in [0.1, 0.15) is 25.5 Å². The second-order valence-electron chi connectivity index (χ2n) is 4.70. The van der Waals surface area contributed by atoms with Crippen LogP contribution in [0.2, 0.25) is 0 Å². The highest BCUT2D eigenvalue weighted by molar-refractivity contribution is 6.02. The SMILES string of the molecule is C/C=C/C(=O)N1C(=O)N(C)[C@@H](C)[C@@H]1c1ccccc1. The van der Waals surface area contributed by atoms with Crippen LogP contribution in [0.25, 0.3) is 0 Å². The van der Waals surface area contributed by atoms with Crippen molar-refractivity contribution < 1.29 is 9.59 Å². The molecule has 100 valence electrons. The number of urea groups is 1. The monoisotopic (exact) mass is 258 g/mol. The number of imide groups is 1. The Morgan fingerprint density at radius 3 is 2.47 bits per heavy atom. The number of carbonyl (C=O) groups is 2. The zero-order chi connectivity index (χ0) is 14.0. The molecule has 0 aromatic heterocycles. The standard InChI is InChI=1S/C15H18N2O2/c1-4-8-13(18)17-14(11(2)16(3)15(17)19)12-9-6-5-7-10-12/h4-11,14H,1-3H3/b8-4+/t11-,14+/m0/s1. The molecule has 2 rings (SSSR count). The Kier molecular flexibility index (Phi) is 3.69. The highest BCUT2D eigenvalue weighted by Gasteiger charge is 2.44. The minimum absolute atomic E-state index is 0.0379. The molecule has 0 aliphatic carbocycles. The third-order valence-corrected chi connectivity index (χ3v) is 3.54. The Morgan fingerprint density at radius 1 is 1.26 bits per heavy atom. The van der Waals surface area contributed by atoms with Crippen LogP contribution in [-0.4, -0.2) is 34.8 Å². The van der Waals surface area contributed by atoms with Crippen molar-refractivity contribution in [2.75, 3.05) is 7.05 Å². The van der Waals surface area contributed by atoms with E-state index in [1.54, 1.807) is 24.9 Å². The van der Waals surface area contributed by atoms with Crippen molar-refractivity contribution >= 4 is 11.9 Å². The molecule has 0 unspecified atom stereocenters. The maximum Gasteiger partial charge on any atom is 0.327 e. The normalized spacial score (nSPS) is 23.4. The summed E-state index contributed by atoms with van der Waals surface area (Å²) in [6.07, 6.45) is 3.08. The first-order valence-corrected chi connectivity index (χ1v) is 6.35. The van der Waals surface area contributed by atoms with Crippen molar-refractivity contribution in [3.8, 4) is 0 Å². The summed E-state index contributed by atoms with van der Waals surface area (Å²) in [5.41, 5.74) is 0.977. The van der Waals surface area contributed by atoms with Gasteiger partial charge < -0.3 is 4.90 Å². The Balaban J connectivity index is 2.43. The zero-order valence-electron chi connectivity index (χ0n) is 11.4. The first kappa shape index (κ1) is 13.3. The fraction of sp³-hybridized carbons (Fsp3) is 0.333. The van der Waals surface area contributed by atoms with Crippen LogP contribution in [0.3, 0.4) is 0 Å². The van der Waals surface area contributed by atoms with Gasteiger partial charge in [-0.3, -0.25) is 9.69 Å². The first-order chi connectivity index (χ1) is 9.07. The lowest BCUT2D eigenvalue weighted by atomic mass is 10.0. The quantitative estimate of drug-likeness (QED) is 0.765. The maximum atomic E-state index is 12.2. The molecule has 4 heteroatoms. The molecule has 1 aliphatic rings. The van der Waals surface area contributed by atoms with E-state index in [1.165, 1.54) is 11.0 Å². The fourth-order valence-corrected chi connectivity index (χ4v) is 2.42. The molecule has 3 amide bonds. The molecule has 1 aliphatic heterocycles. The molecule has 0 spiro atoms. The summed E-state index contributed by atoms with van der Waals surface area (Å²) in [7, 11) is 1.73. The molecule has 1 aromatic rings. The van der Waals surface area contributed by atoms with Crippen LogP contribution in [-0.2, 0) is 4.79 Å². The lowest BCUT2D eigenvalue weighted by molar-refractivity contribution is -0.124. The van der Waals surface area contributed by atoms with Gasteiger partial charge in [0.2, 0.25) is 0 Å². The number of amides is 3. The van der Waals surface area contributed by atoms with Crippen LogP contribution < -0.4 is 0 Å². The van der Waals surface area contributed by atoms with Crippen molar-refractivity contribution in [2.24, 2.45) is 0 Å². The van der Waals surface area contributed by atoms with Crippen molar-refractivity contribution in [3.05, 3.63) is 48.0 Å². The smallest absolute Gasteiger partial charge is 0.322 e. The molecule has 0 bridgehead atoms. The number of benzene rings is 1. The molecule has 2 atom stereocenters. The minimum Gasteiger partial charge on any atom is -0.322 e. The van der Waals surface area contributed by atoms with E-state index in [-0.39, 0.29) is 24.0 Å². The van der Waals surface area contributed by atoms with Gasteiger partial charge in [-0.2, -0.15) is 0 Å². The van der Waals surface area contributed by atoms with E-state index >= 15 is 0 Å². The van der Waals surface area contributed by atoms with E-state index in [2.05, 4.69) is 0 Å². The zero-order valence-corrected chi connectivity index (χ0v) is 11.4. The van der Waals surface area contributed by atoms with Gasteiger partial charge in [0.1, 0.15) is 0 Å². The fourth-order valence-electron chi connectivity index (χ4n) is 2.42. The van der Waals surface area contributed by atoms with E-state index in [1.807, 2.05) is 37.3 Å². The van der Waals surface area contributed by atoms with Gasteiger partial charge in [-0.05, 0) is 25.5 Å². The number of hydrogen-bond donors (Lipinski definition) is 0. The van der Waals surface area contributed by atoms with Crippen LogP contribution in [0.4, 0.5) is 4.79 Å². The minimum atomic E-state index is -0.266. The Hall–Kier alpha value is -2.10. The molecule has 19 heavy (non-hydrogen) atoms. The molecule has 4 nitrogen and oxygen atoms in total. The van der Waals surface area contributed by atoms with E-state index in [0.717, 1.165) is 5.56 Å². The number of carbonyl (C=O) groups excluding carboxylic acids is 2. The second kappa shape index (κ2) is 5.26. The lowest BCUT2D eigenvalue weighted by Gasteiger charge is -2.23. The highest BCUT2D eigenvalue weighted by atomic mass is 16.2. The number of likely N-dealkylation sites (N-methyl/N-ethyl adjacent to an activating group) is 1. The maximum absolute atomic E-state index is 12.2. The summed E-state index contributed by atoms with van der Waals surface area (Å²) in [4.78, 5) is 27.3. The Labute approximate surface area is 113 Å². The van der Waals surface area contributed by atoms with E-state index in [0.29, 0.717) is 0 Å². The predicted molar refractivity (Wildman–Crippen MR) is 73.5 cm³/mol. The molecule has 0 radical (unpaired) electrons. The molecular formula is C15H18N2O2. The van der Waals surface area contributed by atoms with Gasteiger partial charge in [0.15, 0.2) is 0 Å². The van der Waals surface area contributed by atoms with Gasteiger partial charge in [-0.25, -0.2) is 4.79 Å². The number of nitrogens with zero attached hydrogens (tertiary/aromatic N) is 2. The molecule has 0 saturated carbocycles. The third kappa shape index (κ3) is 2.26. The summed E-state index contributed by atoms with van der Waals surface area (Å²) in [5.74, 6) is -0.266. The first-order valence-electron chi connectivity index (χ1n) is 6.35. The van der Waals surface area contributed by atoms with Gasteiger partial charge in [0, 0.05) is 7.05 Å². The van der Waals surface area contributed by atoms with Gasteiger partial charge in [0.25, 0.3) is 5.91 Å². The second-order valence-corrected chi connectivity index (χ2v) is 4.70.